The molecule has 2 atom stereocenters. The quantitative estimate of drug-likeness (QED) is 0.674. The second-order valence-electron chi connectivity index (χ2n) is 8.92. The van der Waals surface area contributed by atoms with Gasteiger partial charge in [0.2, 0.25) is 5.91 Å². The van der Waals surface area contributed by atoms with E-state index in [9.17, 15) is 9.59 Å². The number of pyridine rings is 1. The first-order valence-corrected chi connectivity index (χ1v) is 10.6. The number of anilines is 1. The maximum atomic E-state index is 12.3. The predicted octanol–water partition coefficient (Wildman–Crippen LogP) is 3.52. The summed E-state index contributed by atoms with van der Waals surface area (Å²) in [6.45, 7) is 6.03. The number of ether oxygens (including phenoxy) is 1. The standard InChI is InChI=1S/C22H29N5O3/c1-13-8-16(23-12-14(13)2)10-20(28)24-19-11-18(26-27-19)15-4-5-17(9-15)30-21(29)25-22(3)6-7-22/h8,11-12,15,17H,4-7,9-10H2,1-3H3,(H,25,29)(H2,24,26,27,28)/t15-,17+/m0/s1. The normalized spacial score (nSPS) is 21.8. The van der Waals surface area contributed by atoms with Crippen LogP contribution in [0.15, 0.2) is 18.3 Å². The SMILES string of the molecule is Cc1cnc(CC(=O)Nc2cc([C@H]3CC[C@@H](OC(=O)NC4(C)CC4)C3)[nH]n2)cc1C. The van der Waals surface area contributed by atoms with Gasteiger partial charge in [-0.1, -0.05) is 0 Å². The lowest BCUT2D eigenvalue weighted by atomic mass is 10.0. The Kier molecular flexibility index (Phi) is 5.49. The Morgan fingerprint density at radius 1 is 1.23 bits per heavy atom. The van der Waals surface area contributed by atoms with E-state index in [1.807, 2.05) is 32.9 Å². The Morgan fingerprint density at radius 2 is 2.03 bits per heavy atom. The van der Waals surface area contributed by atoms with Crippen LogP contribution in [0.4, 0.5) is 10.6 Å². The molecule has 0 radical (unpaired) electrons. The topological polar surface area (TPSA) is 109 Å². The molecule has 0 spiro atoms. The maximum absolute atomic E-state index is 12.3. The lowest BCUT2D eigenvalue weighted by Gasteiger charge is -2.16. The molecule has 3 N–H and O–H groups in total. The highest BCUT2D eigenvalue weighted by Crippen LogP contribution is 2.37. The smallest absolute Gasteiger partial charge is 0.407 e. The minimum atomic E-state index is -0.321. The van der Waals surface area contributed by atoms with Crippen LogP contribution in [0.5, 0.6) is 0 Å². The number of nitrogens with zero attached hydrogens (tertiary/aromatic N) is 2. The highest BCUT2D eigenvalue weighted by molar-refractivity contribution is 5.91. The van der Waals surface area contributed by atoms with Crippen molar-refractivity contribution >= 4 is 17.8 Å². The third-order valence-corrected chi connectivity index (χ3v) is 6.14. The molecule has 8 nitrogen and oxygen atoms in total. The van der Waals surface area contributed by atoms with E-state index in [1.165, 1.54) is 0 Å². The fourth-order valence-electron chi connectivity index (χ4n) is 3.81. The summed E-state index contributed by atoms with van der Waals surface area (Å²) in [6.07, 6.45) is 6.10. The van der Waals surface area contributed by atoms with Crippen molar-refractivity contribution in [2.45, 2.75) is 76.9 Å². The van der Waals surface area contributed by atoms with Gasteiger partial charge in [0.1, 0.15) is 6.10 Å². The monoisotopic (exact) mass is 411 g/mol. The zero-order valence-electron chi connectivity index (χ0n) is 17.7. The van der Waals surface area contributed by atoms with Crippen molar-refractivity contribution in [1.29, 1.82) is 0 Å². The van der Waals surface area contributed by atoms with Gasteiger partial charge in [0.25, 0.3) is 0 Å². The van der Waals surface area contributed by atoms with Gasteiger partial charge in [0.15, 0.2) is 5.82 Å². The largest absolute Gasteiger partial charge is 0.446 e. The number of amides is 2. The van der Waals surface area contributed by atoms with Gasteiger partial charge in [-0.05, 0) is 70.1 Å². The van der Waals surface area contributed by atoms with Crippen LogP contribution in [-0.4, -0.2) is 38.8 Å². The molecule has 2 aromatic rings. The first-order chi connectivity index (χ1) is 14.3. The number of aryl methyl sites for hydroxylation is 2. The molecule has 8 heteroatoms. The van der Waals surface area contributed by atoms with Crippen molar-refractivity contribution in [3.05, 3.63) is 40.8 Å². The molecule has 0 unspecified atom stereocenters. The summed E-state index contributed by atoms with van der Waals surface area (Å²) in [6, 6.07) is 3.80. The van der Waals surface area contributed by atoms with Crippen LogP contribution in [0.1, 0.15) is 67.5 Å². The molecular formula is C22H29N5O3. The van der Waals surface area contributed by atoms with Crippen LogP contribution >= 0.6 is 0 Å². The lowest BCUT2D eigenvalue weighted by molar-refractivity contribution is -0.115. The van der Waals surface area contributed by atoms with Crippen molar-refractivity contribution in [3.8, 4) is 0 Å². The second-order valence-corrected chi connectivity index (χ2v) is 8.92. The fraction of sp³-hybridized carbons (Fsp3) is 0.545. The van der Waals surface area contributed by atoms with E-state index in [-0.39, 0.29) is 36.0 Å². The van der Waals surface area contributed by atoms with E-state index in [4.69, 9.17) is 4.74 Å². The van der Waals surface area contributed by atoms with Gasteiger partial charge >= 0.3 is 6.09 Å². The summed E-state index contributed by atoms with van der Waals surface area (Å²) in [5.41, 5.74) is 3.84. The summed E-state index contributed by atoms with van der Waals surface area (Å²) in [5.74, 6) is 0.586. The summed E-state index contributed by atoms with van der Waals surface area (Å²) in [5, 5.41) is 13.0. The molecule has 160 valence electrons. The van der Waals surface area contributed by atoms with Crippen molar-refractivity contribution in [2.24, 2.45) is 0 Å². The number of hydrogen-bond donors (Lipinski definition) is 3. The molecule has 2 aliphatic carbocycles. The highest BCUT2D eigenvalue weighted by Gasteiger charge is 2.40. The number of rotatable bonds is 6. The molecule has 0 aliphatic heterocycles. The first kappa shape index (κ1) is 20.4. The number of nitrogens with one attached hydrogen (secondary N) is 3. The second kappa shape index (κ2) is 8.08. The van der Waals surface area contributed by atoms with Gasteiger partial charge in [-0.2, -0.15) is 5.10 Å². The van der Waals surface area contributed by atoms with Crippen LogP contribution < -0.4 is 10.6 Å². The first-order valence-electron chi connectivity index (χ1n) is 10.6. The predicted molar refractivity (Wildman–Crippen MR) is 112 cm³/mol. The summed E-state index contributed by atoms with van der Waals surface area (Å²) >= 11 is 0. The van der Waals surface area contributed by atoms with Crippen molar-refractivity contribution < 1.29 is 14.3 Å². The Balaban J connectivity index is 1.27. The highest BCUT2D eigenvalue weighted by atomic mass is 16.6. The number of aromatic nitrogens is 3. The molecule has 2 saturated carbocycles. The van der Waals surface area contributed by atoms with E-state index in [0.29, 0.717) is 5.82 Å². The molecule has 30 heavy (non-hydrogen) atoms. The minimum absolute atomic E-state index is 0.0711. The molecule has 4 rings (SSSR count). The Morgan fingerprint density at radius 3 is 2.77 bits per heavy atom. The molecule has 2 amide bonds. The van der Waals surface area contributed by atoms with Gasteiger partial charge in [-0.25, -0.2) is 4.79 Å². The average Bonchev–Trinajstić information content (AvgIpc) is 3.07. The summed E-state index contributed by atoms with van der Waals surface area (Å²) in [4.78, 5) is 28.6. The van der Waals surface area contributed by atoms with Gasteiger partial charge in [0.05, 0.1) is 6.42 Å². The van der Waals surface area contributed by atoms with Gasteiger partial charge < -0.3 is 15.4 Å². The van der Waals surface area contributed by atoms with E-state index in [0.717, 1.165) is 54.6 Å². The Labute approximate surface area is 176 Å². The summed E-state index contributed by atoms with van der Waals surface area (Å²) in [7, 11) is 0. The molecule has 0 saturated heterocycles. The molecule has 2 fully saturated rings. The van der Waals surface area contributed by atoms with E-state index in [2.05, 4.69) is 25.8 Å². The average molecular weight is 412 g/mol. The molecule has 2 aliphatic rings. The van der Waals surface area contributed by atoms with Crippen LogP contribution in [0, 0.1) is 13.8 Å². The molecular weight excluding hydrogens is 382 g/mol. The molecule has 2 aromatic heterocycles. The lowest BCUT2D eigenvalue weighted by Crippen LogP contribution is -2.36. The third kappa shape index (κ3) is 4.98. The molecule has 2 heterocycles. The maximum Gasteiger partial charge on any atom is 0.407 e. The zero-order valence-corrected chi connectivity index (χ0v) is 17.7. The molecule has 0 bridgehead atoms. The van der Waals surface area contributed by atoms with Crippen LogP contribution in [0.25, 0.3) is 0 Å². The van der Waals surface area contributed by atoms with Crippen LogP contribution in [0.2, 0.25) is 0 Å². The van der Waals surface area contributed by atoms with Gasteiger partial charge in [-0.15, -0.1) is 0 Å². The number of aromatic amines is 1. The van der Waals surface area contributed by atoms with Crippen LogP contribution in [0.3, 0.4) is 0 Å². The van der Waals surface area contributed by atoms with E-state index >= 15 is 0 Å². The number of alkyl carbamates (subject to hydrolysis) is 1. The minimum Gasteiger partial charge on any atom is -0.446 e. The Hall–Kier alpha value is -2.90. The third-order valence-electron chi connectivity index (χ3n) is 6.14. The number of H-pyrrole nitrogens is 1. The number of hydrogen-bond acceptors (Lipinski definition) is 5. The van der Waals surface area contributed by atoms with Crippen molar-refractivity contribution in [3.63, 3.8) is 0 Å². The van der Waals surface area contributed by atoms with Gasteiger partial charge in [0, 0.05) is 35.1 Å². The Bertz CT molecular complexity index is 950. The van der Waals surface area contributed by atoms with Crippen molar-refractivity contribution in [2.75, 3.05) is 5.32 Å². The zero-order chi connectivity index (χ0) is 21.3. The number of carbonyl (C=O) groups is 2. The molecule has 0 aromatic carbocycles. The number of carbonyl (C=O) groups excluding carboxylic acids is 2. The van der Waals surface area contributed by atoms with E-state index in [1.54, 1.807) is 6.20 Å². The van der Waals surface area contributed by atoms with E-state index < -0.39 is 0 Å². The van der Waals surface area contributed by atoms with Crippen LogP contribution in [-0.2, 0) is 16.0 Å². The van der Waals surface area contributed by atoms with Crippen molar-refractivity contribution in [1.82, 2.24) is 20.5 Å². The fourth-order valence-corrected chi connectivity index (χ4v) is 3.81. The van der Waals surface area contributed by atoms with Gasteiger partial charge in [-0.3, -0.25) is 14.9 Å². The summed E-state index contributed by atoms with van der Waals surface area (Å²) < 4.78 is 5.57.